The number of hydrogen-bond donors (Lipinski definition) is 2. The molecule has 0 atom stereocenters. The van der Waals surface area contributed by atoms with Crippen molar-refractivity contribution < 1.29 is 5.11 Å². The molecule has 0 aliphatic rings. The van der Waals surface area contributed by atoms with E-state index in [4.69, 9.17) is 0 Å². The maximum Gasteiger partial charge on any atom is 0.125 e. The van der Waals surface area contributed by atoms with E-state index in [-0.39, 0.29) is 0 Å². The third kappa shape index (κ3) is 3.00. The standard InChI is InChI=1S/C11H18N2O/c1-3-11(14,4-2)9-13-10-7-5-6-8-12-10/h5-8,14H,3-4,9H2,1-2H3,(H,12,13). The summed E-state index contributed by atoms with van der Waals surface area (Å²) in [7, 11) is 0. The number of pyridine rings is 1. The fourth-order valence-electron chi connectivity index (χ4n) is 1.22. The monoisotopic (exact) mass is 194 g/mol. The average Bonchev–Trinajstić information content (AvgIpc) is 2.27. The van der Waals surface area contributed by atoms with E-state index in [1.54, 1.807) is 6.20 Å². The van der Waals surface area contributed by atoms with Gasteiger partial charge in [-0.25, -0.2) is 4.98 Å². The second-order valence-corrected chi connectivity index (χ2v) is 3.50. The number of aliphatic hydroxyl groups is 1. The first-order valence-electron chi connectivity index (χ1n) is 5.07. The van der Waals surface area contributed by atoms with Crippen LogP contribution in [0, 0.1) is 0 Å². The van der Waals surface area contributed by atoms with E-state index in [1.807, 2.05) is 32.0 Å². The van der Waals surface area contributed by atoms with Crippen molar-refractivity contribution in [1.82, 2.24) is 4.98 Å². The van der Waals surface area contributed by atoms with Crippen LogP contribution in [0.4, 0.5) is 5.82 Å². The molecule has 0 spiro atoms. The van der Waals surface area contributed by atoms with E-state index >= 15 is 0 Å². The predicted octanol–water partition coefficient (Wildman–Crippen LogP) is 2.04. The van der Waals surface area contributed by atoms with Gasteiger partial charge in [-0.15, -0.1) is 0 Å². The summed E-state index contributed by atoms with van der Waals surface area (Å²) < 4.78 is 0. The van der Waals surface area contributed by atoms with Crippen molar-refractivity contribution >= 4 is 5.82 Å². The third-order valence-electron chi connectivity index (χ3n) is 2.58. The molecular formula is C11H18N2O. The highest BCUT2D eigenvalue weighted by Gasteiger charge is 2.21. The van der Waals surface area contributed by atoms with Crippen LogP contribution in [0.3, 0.4) is 0 Å². The van der Waals surface area contributed by atoms with E-state index < -0.39 is 5.60 Å². The lowest BCUT2D eigenvalue weighted by Gasteiger charge is -2.25. The van der Waals surface area contributed by atoms with E-state index in [2.05, 4.69) is 10.3 Å². The Labute approximate surface area is 85.2 Å². The topological polar surface area (TPSA) is 45.1 Å². The Bertz CT molecular complexity index is 257. The molecule has 1 aromatic rings. The number of nitrogens with one attached hydrogen (secondary N) is 1. The largest absolute Gasteiger partial charge is 0.388 e. The van der Waals surface area contributed by atoms with E-state index in [1.165, 1.54) is 0 Å². The van der Waals surface area contributed by atoms with Crippen molar-refractivity contribution in [3.63, 3.8) is 0 Å². The molecule has 0 saturated carbocycles. The molecule has 0 radical (unpaired) electrons. The van der Waals surface area contributed by atoms with Crippen LogP contribution in [-0.4, -0.2) is 22.2 Å². The Morgan fingerprint density at radius 3 is 2.57 bits per heavy atom. The number of anilines is 1. The lowest BCUT2D eigenvalue weighted by atomic mass is 9.98. The fraction of sp³-hybridized carbons (Fsp3) is 0.545. The van der Waals surface area contributed by atoms with Gasteiger partial charge in [-0.2, -0.15) is 0 Å². The molecule has 0 saturated heterocycles. The molecule has 14 heavy (non-hydrogen) atoms. The van der Waals surface area contributed by atoms with Gasteiger partial charge in [0, 0.05) is 12.7 Å². The zero-order valence-electron chi connectivity index (χ0n) is 8.83. The highest BCUT2D eigenvalue weighted by Crippen LogP contribution is 2.15. The van der Waals surface area contributed by atoms with Crippen molar-refractivity contribution in [1.29, 1.82) is 0 Å². The molecule has 0 unspecified atom stereocenters. The maximum absolute atomic E-state index is 10.00. The van der Waals surface area contributed by atoms with Gasteiger partial charge in [-0.3, -0.25) is 0 Å². The third-order valence-corrected chi connectivity index (χ3v) is 2.58. The highest BCUT2D eigenvalue weighted by molar-refractivity contribution is 5.33. The molecule has 1 aromatic heterocycles. The molecule has 1 rings (SSSR count). The zero-order valence-corrected chi connectivity index (χ0v) is 8.83. The van der Waals surface area contributed by atoms with Crippen LogP contribution in [0.1, 0.15) is 26.7 Å². The molecular weight excluding hydrogens is 176 g/mol. The molecule has 2 N–H and O–H groups in total. The van der Waals surface area contributed by atoms with Crippen molar-refractivity contribution in [3.8, 4) is 0 Å². The minimum atomic E-state index is -0.614. The molecule has 3 nitrogen and oxygen atoms in total. The second-order valence-electron chi connectivity index (χ2n) is 3.50. The maximum atomic E-state index is 10.00. The van der Waals surface area contributed by atoms with Crippen molar-refractivity contribution in [3.05, 3.63) is 24.4 Å². The first-order valence-corrected chi connectivity index (χ1v) is 5.07. The Hall–Kier alpha value is -1.09. The predicted molar refractivity (Wildman–Crippen MR) is 58.3 cm³/mol. The highest BCUT2D eigenvalue weighted by atomic mass is 16.3. The number of hydrogen-bond acceptors (Lipinski definition) is 3. The second kappa shape index (κ2) is 4.96. The van der Waals surface area contributed by atoms with E-state index in [0.29, 0.717) is 6.54 Å². The van der Waals surface area contributed by atoms with Gasteiger partial charge in [0.25, 0.3) is 0 Å². The molecule has 0 aliphatic carbocycles. The number of nitrogens with zero attached hydrogens (tertiary/aromatic N) is 1. The Kier molecular flexibility index (Phi) is 3.89. The zero-order chi connectivity index (χ0) is 10.4. The van der Waals surface area contributed by atoms with Gasteiger partial charge in [0.05, 0.1) is 5.60 Å². The molecule has 0 aliphatic heterocycles. The van der Waals surface area contributed by atoms with Gasteiger partial charge >= 0.3 is 0 Å². The number of rotatable bonds is 5. The molecule has 0 fully saturated rings. The summed E-state index contributed by atoms with van der Waals surface area (Å²) in [6, 6.07) is 5.69. The van der Waals surface area contributed by atoms with Crippen LogP contribution < -0.4 is 5.32 Å². The molecule has 0 bridgehead atoms. The average molecular weight is 194 g/mol. The minimum Gasteiger partial charge on any atom is -0.388 e. The quantitative estimate of drug-likeness (QED) is 0.754. The van der Waals surface area contributed by atoms with Gasteiger partial charge in [-0.1, -0.05) is 19.9 Å². The molecule has 78 valence electrons. The fourth-order valence-corrected chi connectivity index (χ4v) is 1.22. The van der Waals surface area contributed by atoms with Gasteiger partial charge in [0.1, 0.15) is 5.82 Å². The first kappa shape index (κ1) is 11.0. The molecule has 0 aromatic carbocycles. The Morgan fingerprint density at radius 1 is 1.36 bits per heavy atom. The minimum absolute atomic E-state index is 0.553. The summed E-state index contributed by atoms with van der Waals surface area (Å²) in [6.07, 6.45) is 3.24. The normalized spacial score (nSPS) is 11.4. The van der Waals surface area contributed by atoms with Crippen molar-refractivity contribution in [2.24, 2.45) is 0 Å². The van der Waals surface area contributed by atoms with E-state index in [9.17, 15) is 5.11 Å². The Morgan fingerprint density at radius 2 is 2.07 bits per heavy atom. The van der Waals surface area contributed by atoms with Crippen LogP contribution in [0.25, 0.3) is 0 Å². The van der Waals surface area contributed by atoms with Crippen LogP contribution >= 0.6 is 0 Å². The van der Waals surface area contributed by atoms with Crippen LogP contribution in [0.5, 0.6) is 0 Å². The lowest BCUT2D eigenvalue weighted by Crippen LogP contribution is -2.35. The Balaban J connectivity index is 2.48. The SMILES string of the molecule is CCC(O)(CC)CNc1ccccn1. The summed E-state index contributed by atoms with van der Waals surface area (Å²) in [4.78, 5) is 4.13. The van der Waals surface area contributed by atoms with Crippen LogP contribution in [0.15, 0.2) is 24.4 Å². The first-order chi connectivity index (χ1) is 6.70. The van der Waals surface area contributed by atoms with Crippen LogP contribution in [0.2, 0.25) is 0 Å². The molecule has 3 heteroatoms. The summed E-state index contributed by atoms with van der Waals surface area (Å²) in [5, 5.41) is 13.1. The summed E-state index contributed by atoms with van der Waals surface area (Å²) in [5.41, 5.74) is -0.614. The molecule has 0 amide bonds. The van der Waals surface area contributed by atoms with Gasteiger partial charge in [-0.05, 0) is 25.0 Å². The van der Waals surface area contributed by atoms with Crippen molar-refractivity contribution in [2.45, 2.75) is 32.3 Å². The summed E-state index contributed by atoms with van der Waals surface area (Å²) in [5.74, 6) is 0.813. The van der Waals surface area contributed by atoms with Gasteiger partial charge < -0.3 is 10.4 Å². The summed E-state index contributed by atoms with van der Waals surface area (Å²) >= 11 is 0. The molecule has 1 heterocycles. The van der Waals surface area contributed by atoms with Crippen molar-refractivity contribution in [2.75, 3.05) is 11.9 Å². The lowest BCUT2D eigenvalue weighted by molar-refractivity contribution is 0.0456. The number of aromatic nitrogens is 1. The van der Waals surface area contributed by atoms with Gasteiger partial charge in [0.2, 0.25) is 0 Å². The van der Waals surface area contributed by atoms with Crippen LogP contribution in [-0.2, 0) is 0 Å². The van der Waals surface area contributed by atoms with Gasteiger partial charge in [0.15, 0.2) is 0 Å². The smallest absolute Gasteiger partial charge is 0.125 e. The van der Waals surface area contributed by atoms with E-state index in [0.717, 1.165) is 18.7 Å². The summed E-state index contributed by atoms with van der Waals surface area (Å²) in [6.45, 7) is 4.53.